The van der Waals surface area contributed by atoms with Crippen molar-refractivity contribution in [3.05, 3.63) is 11.7 Å². The molecule has 0 radical (unpaired) electrons. The van der Waals surface area contributed by atoms with Gasteiger partial charge in [0.2, 0.25) is 5.89 Å². The van der Waals surface area contributed by atoms with Gasteiger partial charge in [-0.25, -0.2) is 0 Å². The Bertz CT molecular complexity index is 415. The number of hydrogen-bond donors (Lipinski definition) is 1. The maximum atomic E-state index is 5.47. The molecule has 3 heterocycles. The number of piperidine rings is 1. The van der Waals surface area contributed by atoms with Crippen molar-refractivity contribution in [3.8, 4) is 0 Å². The van der Waals surface area contributed by atoms with Crippen molar-refractivity contribution in [1.29, 1.82) is 0 Å². The van der Waals surface area contributed by atoms with Crippen LogP contribution in [0.3, 0.4) is 0 Å². The Morgan fingerprint density at radius 1 is 1.26 bits per heavy atom. The summed E-state index contributed by atoms with van der Waals surface area (Å²) in [5.74, 6) is 1.59. The molecule has 2 atom stereocenters. The molecular weight excluding hydrogens is 242 g/mol. The van der Waals surface area contributed by atoms with Crippen molar-refractivity contribution in [2.45, 2.75) is 31.3 Å². The minimum Gasteiger partial charge on any atom is -0.338 e. The SMILES string of the molecule is CN1CCN(C)C(c2noc(C3CCCCN3)n2)C1. The van der Waals surface area contributed by atoms with Gasteiger partial charge in [-0.15, -0.1) is 0 Å². The lowest BCUT2D eigenvalue weighted by atomic mass is 10.1. The predicted molar refractivity (Wildman–Crippen MR) is 71.8 cm³/mol. The third kappa shape index (κ3) is 2.80. The van der Waals surface area contributed by atoms with E-state index in [9.17, 15) is 0 Å². The molecule has 0 saturated carbocycles. The molecule has 2 fully saturated rings. The van der Waals surface area contributed by atoms with Gasteiger partial charge in [0.1, 0.15) is 0 Å². The van der Waals surface area contributed by atoms with Crippen molar-refractivity contribution in [3.63, 3.8) is 0 Å². The Morgan fingerprint density at radius 3 is 2.95 bits per heavy atom. The summed E-state index contributed by atoms with van der Waals surface area (Å²) in [4.78, 5) is 9.26. The molecule has 0 aromatic carbocycles. The Morgan fingerprint density at radius 2 is 2.16 bits per heavy atom. The van der Waals surface area contributed by atoms with Gasteiger partial charge in [-0.2, -0.15) is 4.98 Å². The van der Waals surface area contributed by atoms with E-state index in [0.717, 1.165) is 44.3 Å². The zero-order valence-electron chi connectivity index (χ0n) is 11.8. The first kappa shape index (κ1) is 13.0. The molecule has 6 nitrogen and oxygen atoms in total. The van der Waals surface area contributed by atoms with Crippen molar-refractivity contribution in [1.82, 2.24) is 25.3 Å². The molecule has 6 heteroatoms. The van der Waals surface area contributed by atoms with Crippen LogP contribution in [0.4, 0.5) is 0 Å². The summed E-state index contributed by atoms with van der Waals surface area (Å²) in [6, 6.07) is 0.501. The third-order valence-corrected chi connectivity index (χ3v) is 4.21. The van der Waals surface area contributed by atoms with Crippen LogP contribution in [0.15, 0.2) is 4.52 Å². The fraction of sp³-hybridized carbons (Fsp3) is 0.846. The molecule has 1 aromatic rings. The molecule has 106 valence electrons. The van der Waals surface area contributed by atoms with E-state index < -0.39 is 0 Å². The molecule has 2 aliphatic heterocycles. The maximum Gasteiger partial charge on any atom is 0.243 e. The van der Waals surface area contributed by atoms with Crippen LogP contribution in [-0.4, -0.2) is 60.2 Å². The highest BCUT2D eigenvalue weighted by Crippen LogP contribution is 2.25. The standard InChI is InChI=1S/C13H23N5O/c1-17-7-8-18(2)11(9-17)12-15-13(19-16-12)10-5-3-4-6-14-10/h10-11,14H,3-9H2,1-2H3. The molecule has 0 spiro atoms. The molecule has 1 N–H and O–H groups in total. The third-order valence-electron chi connectivity index (χ3n) is 4.21. The molecule has 19 heavy (non-hydrogen) atoms. The van der Waals surface area contributed by atoms with Crippen LogP contribution in [0.2, 0.25) is 0 Å². The first-order valence-electron chi connectivity index (χ1n) is 7.19. The fourth-order valence-corrected chi connectivity index (χ4v) is 2.88. The van der Waals surface area contributed by atoms with Gasteiger partial charge in [0.15, 0.2) is 5.82 Å². The van der Waals surface area contributed by atoms with Crippen molar-refractivity contribution < 1.29 is 4.52 Å². The van der Waals surface area contributed by atoms with Crippen LogP contribution < -0.4 is 5.32 Å². The van der Waals surface area contributed by atoms with Gasteiger partial charge in [-0.05, 0) is 33.5 Å². The smallest absolute Gasteiger partial charge is 0.243 e. The Hall–Kier alpha value is -0.980. The second-order valence-corrected chi connectivity index (χ2v) is 5.75. The fourth-order valence-electron chi connectivity index (χ4n) is 2.88. The molecule has 2 aliphatic rings. The molecular formula is C13H23N5O. The summed E-state index contributed by atoms with van der Waals surface area (Å²) in [6.07, 6.45) is 3.58. The minimum absolute atomic E-state index is 0.250. The van der Waals surface area contributed by atoms with E-state index in [1.54, 1.807) is 0 Å². The lowest BCUT2D eigenvalue weighted by Gasteiger charge is -2.35. The first-order valence-corrected chi connectivity index (χ1v) is 7.19. The summed E-state index contributed by atoms with van der Waals surface area (Å²) in [6.45, 7) is 4.16. The molecule has 2 unspecified atom stereocenters. The van der Waals surface area contributed by atoms with Crippen LogP contribution >= 0.6 is 0 Å². The van der Waals surface area contributed by atoms with Gasteiger partial charge in [0.05, 0.1) is 12.1 Å². The van der Waals surface area contributed by atoms with Gasteiger partial charge >= 0.3 is 0 Å². The van der Waals surface area contributed by atoms with E-state index in [0.29, 0.717) is 0 Å². The van der Waals surface area contributed by atoms with Gasteiger partial charge in [-0.3, -0.25) is 4.90 Å². The van der Waals surface area contributed by atoms with Crippen molar-refractivity contribution in [2.24, 2.45) is 0 Å². The van der Waals surface area contributed by atoms with Crippen LogP contribution in [0, 0.1) is 0 Å². The lowest BCUT2D eigenvalue weighted by Crippen LogP contribution is -2.45. The number of aromatic nitrogens is 2. The highest BCUT2D eigenvalue weighted by Gasteiger charge is 2.29. The van der Waals surface area contributed by atoms with Gasteiger partial charge in [0, 0.05) is 19.6 Å². The van der Waals surface area contributed by atoms with Gasteiger partial charge in [0.25, 0.3) is 0 Å². The quantitative estimate of drug-likeness (QED) is 0.853. The van der Waals surface area contributed by atoms with E-state index >= 15 is 0 Å². The monoisotopic (exact) mass is 265 g/mol. The van der Waals surface area contributed by atoms with Crippen LogP contribution in [-0.2, 0) is 0 Å². The van der Waals surface area contributed by atoms with Crippen molar-refractivity contribution >= 4 is 0 Å². The highest BCUT2D eigenvalue weighted by atomic mass is 16.5. The zero-order valence-corrected chi connectivity index (χ0v) is 11.8. The summed E-state index contributed by atoms with van der Waals surface area (Å²) in [5, 5.41) is 7.66. The summed E-state index contributed by atoms with van der Waals surface area (Å²) >= 11 is 0. The lowest BCUT2D eigenvalue weighted by molar-refractivity contribution is 0.108. The molecule has 0 aliphatic carbocycles. The first-order chi connectivity index (χ1) is 9.24. The normalized spacial score (nSPS) is 30.6. The van der Waals surface area contributed by atoms with Gasteiger partial charge < -0.3 is 14.7 Å². The number of rotatable bonds is 2. The minimum atomic E-state index is 0.250. The summed E-state index contributed by atoms with van der Waals surface area (Å²) in [7, 11) is 4.27. The number of hydrogen-bond acceptors (Lipinski definition) is 6. The average molecular weight is 265 g/mol. The number of likely N-dealkylation sites (N-methyl/N-ethyl adjacent to an activating group) is 2. The van der Waals surface area contributed by atoms with E-state index in [1.807, 2.05) is 0 Å². The maximum absolute atomic E-state index is 5.47. The molecule has 0 amide bonds. The van der Waals surface area contributed by atoms with E-state index in [1.165, 1.54) is 12.8 Å². The van der Waals surface area contributed by atoms with Crippen LogP contribution in [0.1, 0.15) is 43.1 Å². The van der Waals surface area contributed by atoms with E-state index in [4.69, 9.17) is 4.52 Å². The topological polar surface area (TPSA) is 57.4 Å². The largest absolute Gasteiger partial charge is 0.338 e. The van der Waals surface area contributed by atoms with Gasteiger partial charge in [-0.1, -0.05) is 11.6 Å². The molecule has 2 saturated heterocycles. The molecule has 1 aromatic heterocycles. The Balaban J connectivity index is 1.72. The molecule has 3 rings (SSSR count). The Labute approximate surface area is 114 Å². The van der Waals surface area contributed by atoms with Crippen LogP contribution in [0.25, 0.3) is 0 Å². The summed E-state index contributed by atoms with van der Waals surface area (Å²) < 4.78 is 5.47. The van der Waals surface area contributed by atoms with Crippen molar-refractivity contribution in [2.75, 3.05) is 40.3 Å². The predicted octanol–water partition coefficient (Wildman–Crippen LogP) is 0.802. The van der Waals surface area contributed by atoms with E-state index in [2.05, 4.69) is 39.4 Å². The van der Waals surface area contributed by atoms with E-state index in [-0.39, 0.29) is 12.1 Å². The number of piperazine rings is 1. The average Bonchev–Trinajstić information content (AvgIpc) is 2.92. The van der Waals surface area contributed by atoms with Crippen LogP contribution in [0.5, 0.6) is 0 Å². The number of nitrogens with zero attached hydrogens (tertiary/aromatic N) is 4. The second-order valence-electron chi connectivity index (χ2n) is 5.75. The second kappa shape index (κ2) is 5.56. The Kier molecular flexibility index (Phi) is 3.81. The highest BCUT2D eigenvalue weighted by molar-refractivity contribution is 5.01. The zero-order chi connectivity index (χ0) is 13.2. The molecule has 0 bridgehead atoms. The number of nitrogens with one attached hydrogen (secondary N) is 1. The summed E-state index contributed by atoms with van der Waals surface area (Å²) in [5.41, 5.74) is 0.